The Hall–Kier alpha value is -0.390. The van der Waals surface area contributed by atoms with Gasteiger partial charge in [0, 0.05) is 38.3 Å². The molecule has 1 saturated heterocycles. The molecule has 2 fully saturated rings. The van der Waals surface area contributed by atoms with E-state index in [1.165, 1.54) is 48.1 Å². The van der Waals surface area contributed by atoms with Gasteiger partial charge < -0.3 is 5.32 Å². The molecule has 1 aliphatic heterocycles. The van der Waals surface area contributed by atoms with Crippen molar-refractivity contribution in [3.63, 3.8) is 0 Å². The first kappa shape index (κ1) is 15.5. The van der Waals surface area contributed by atoms with Crippen molar-refractivity contribution in [3.05, 3.63) is 15.9 Å². The maximum Gasteiger partial charge on any atom is 0.0767 e. The Kier molecular flexibility index (Phi) is 4.71. The van der Waals surface area contributed by atoms with E-state index in [4.69, 9.17) is 5.10 Å². The minimum absolute atomic E-state index is 0.398. The largest absolute Gasteiger partial charge is 0.309 e. The van der Waals surface area contributed by atoms with Crippen molar-refractivity contribution in [1.29, 1.82) is 0 Å². The lowest BCUT2D eigenvalue weighted by Crippen LogP contribution is -2.58. The summed E-state index contributed by atoms with van der Waals surface area (Å²) < 4.78 is 3.40. The number of hydrogen-bond acceptors (Lipinski definition) is 3. The summed E-state index contributed by atoms with van der Waals surface area (Å²) in [6.07, 6.45) is 6.46. The van der Waals surface area contributed by atoms with E-state index in [0.717, 1.165) is 32.6 Å². The monoisotopic (exact) mass is 354 g/mol. The van der Waals surface area contributed by atoms with E-state index in [2.05, 4.69) is 44.7 Å². The van der Waals surface area contributed by atoms with Gasteiger partial charge in [0.1, 0.15) is 0 Å². The Labute approximate surface area is 136 Å². The minimum Gasteiger partial charge on any atom is -0.309 e. The third-order valence-corrected chi connectivity index (χ3v) is 6.00. The summed E-state index contributed by atoms with van der Waals surface area (Å²) in [6, 6.07) is 0. The van der Waals surface area contributed by atoms with Crippen molar-refractivity contribution in [2.24, 2.45) is 0 Å². The number of nitrogens with zero attached hydrogens (tertiary/aromatic N) is 3. The van der Waals surface area contributed by atoms with Gasteiger partial charge in [-0.15, -0.1) is 0 Å². The van der Waals surface area contributed by atoms with Crippen LogP contribution >= 0.6 is 15.9 Å². The smallest absolute Gasteiger partial charge is 0.0767 e. The van der Waals surface area contributed by atoms with Crippen LogP contribution in [-0.4, -0.2) is 39.9 Å². The topological polar surface area (TPSA) is 33.1 Å². The van der Waals surface area contributed by atoms with Crippen LogP contribution in [0.2, 0.25) is 0 Å². The predicted octanol–water partition coefficient (Wildman–Crippen LogP) is 2.95. The molecule has 1 aromatic rings. The highest BCUT2D eigenvalue weighted by Gasteiger charge is 2.37. The molecule has 1 saturated carbocycles. The van der Waals surface area contributed by atoms with Gasteiger partial charge in [-0.2, -0.15) is 5.10 Å². The molecule has 0 bridgehead atoms. The molecule has 1 aromatic heterocycles. The first-order valence-corrected chi connectivity index (χ1v) is 9.18. The maximum absolute atomic E-state index is 4.73. The Morgan fingerprint density at radius 1 is 1.29 bits per heavy atom. The number of aromatic nitrogens is 2. The highest BCUT2D eigenvalue weighted by Crippen LogP contribution is 2.33. The lowest BCUT2D eigenvalue weighted by molar-refractivity contribution is 0.126. The summed E-state index contributed by atoms with van der Waals surface area (Å²) in [5, 5.41) is 8.52. The molecular weight excluding hydrogens is 328 g/mol. The summed E-state index contributed by atoms with van der Waals surface area (Å²) in [4.78, 5) is 2.62. The summed E-state index contributed by atoms with van der Waals surface area (Å²) >= 11 is 3.78. The van der Waals surface area contributed by atoms with Crippen molar-refractivity contribution in [1.82, 2.24) is 20.0 Å². The molecule has 4 nitrogen and oxygen atoms in total. The SMILES string of the molecule is CCc1nn(CC)c(CN2CCNC3(CCCC3)C2)c1Br. The van der Waals surface area contributed by atoms with Crippen molar-refractivity contribution in [2.45, 2.75) is 64.6 Å². The zero-order valence-corrected chi connectivity index (χ0v) is 14.9. The van der Waals surface area contributed by atoms with Gasteiger partial charge in [0.2, 0.25) is 0 Å². The van der Waals surface area contributed by atoms with Crippen LogP contribution in [0.25, 0.3) is 0 Å². The molecule has 3 rings (SSSR count). The van der Waals surface area contributed by atoms with Gasteiger partial charge in [-0.1, -0.05) is 19.8 Å². The molecule has 21 heavy (non-hydrogen) atoms. The summed E-state index contributed by atoms with van der Waals surface area (Å²) in [6.45, 7) is 9.78. The predicted molar refractivity (Wildman–Crippen MR) is 89.5 cm³/mol. The summed E-state index contributed by atoms with van der Waals surface area (Å²) in [5.74, 6) is 0. The van der Waals surface area contributed by atoms with Gasteiger partial charge in [-0.05, 0) is 42.1 Å². The van der Waals surface area contributed by atoms with Gasteiger partial charge in [0.15, 0.2) is 0 Å². The van der Waals surface area contributed by atoms with Gasteiger partial charge in [-0.3, -0.25) is 9.58 Å². The van der Waals surface area contributed by atoms with Crippen molar-refractivity contribution in [2.75, 3.05) is 19.6 Å². The van der Waals surface area contributed by atoms with Crippen LogP contribution in [-0.2, 0) is 19.5 Å². The number of aryl methyl sites for hydroxylation is 2. The standard InChI is InChI=1S/C16H27BrN4/c1-3-13-15(17)14(21(4-2)19-13)11-20-10-9-18-16(12-20)7-5-6-8-16/h18H,3-12H2,1-2H3. The Morgan fingerprint density at radius 2 is 2.05 bits per heavy atom. The molecule has 0 aromatic carbocycles. The van der Waals surface area contributed by atoms with Gasteiger partial charge in [-0.25, -0.2) is 0 Å². The molecule has 0 amide bonds. The Balaban J connectivity index is 1.75. The molecule has 0 atom stereocenters. The van der Waals surface area contributed by atoms with Crippen molar-refractivity contribution >= 4 is 15.9 Å². The van der Waals surface area contributed by atoms with Gasteiger partial charge in [0.25, 0.3) is 0 Å². The van der Waals surface area contributed by atoms with E-state index in [1.807, 2.05) is 0 Å². The number of nitrogens with one attached hydrogen (secondary N) is 1. The molecule has 118 valence electrons. The average molecular weight is 355 g/mol. The van der Waals surface area contributed by atoms with E-state index in [0.29, 0.717) is 5.54 Å². The number of hydrogen-bond donors (Lipinski definition) is 1. The zero-order chi connectivity index (χ0) is 14.9. The van der Waals surface area contributed by atoms with Crippen molar-refractivity contribution < 1.29 is 0 Å². The summed E-state index contributed by atoms with van der Waals surface area (Å²) in [7, 11) is 0. The molecule has 1 N–H and O–H groups in total. The second kappa shape index (κ2) is 6.39. The molecule has 5 heteroatoms. The fraction of sp³-hybridized carbons (Fsp3) is 0.812. The number of piperazine rings is 1. The molecule has 2 heterocycles. The minimum atomic E-state index is 0.398. The van der Waals surface area contributed by atoms with E-state index >= 15 is 0 Å². The zero-order valence-electron chi connectivity index (χ0n) is 13.3. The fourth-order valence-electron chi connectivity index (χ4n) is 3.94. The number of rotatable bonds is 4. The van der Waals surface area contributed by atoms with Crippen LogP contribution in [0.3, 0.4) is 0 Å². The highest BCUT2D eigenvalue weighted by molar-refractivity contribution is 9.10. The average Bonchev–Trinajstić information content (AvgIpc) is 3.05. The molecule has 1 spiro atoms. The first-order valence-electron chi connectivity index (χ1n) is 8.39. The van der Waals surface area contributed by atoms with Crippen LogP contribution in [0, 0.1) is 0 Å². The second-order valence-corrected chi connectivity index (χ2v) is 7.29. The van der Waals surface area contributed by atoms with E-state index in [9.17, 15) is 0 Å². The van der Waals surface area contributed by atoms with E-state index < -0.39 is 0 Å². The Bertz CT molecular complexity index is 491. The fourth-order valence-corrected chi connectivity index (χ4v) is 4.63. The van der Waals surface area contributed by atoms with E-state index in [1.54, 1.807) is 0 Å². The molecule has 1 aliphatic carbocycles. The van der Waals surface area contributed by atoms with Crippen LogP contribution < -0.4 is 5.32 Å². The van der Waals surface area contributed by atoms with Gasteiger partial charge in [0.05, 0.1) is 15.9 Å². The van der Waals surface area contributed by atoms with Crippen LogP contribution in [0.15, 0.2) is 4.47 Å². The van der Waals surface area contributed by atoms with Crippen LogP contribution in [0.5, 0.6) is 0 Å². The lowest BCUT2D eigenvalue weighted by Gasteiger charge is -2.41. The lowest BCUT2D eigenvalue weighted by atomic mass is 9.94. The second-order valence-electron chi connectivity index (χ2n) is 6.50. The maximum atomic E-state index is 4.73. The van der Waals surface area contributed by atoms with Crippen molar-refractivity contribution in [3.8, 4) is 0 Å². The number of halogens is 1. The molecule has 2 aliphatic rings. The first-order chi connectivity index (χ1) is 10.2. The molecule has 0 unspecified atom stereocenters. The Morgan fingerprint density at radius 3 is 2.71 bits per heavy atom. The summed E-state index contributed by atoms with van der Waals surface area (Å²) in [5.41, 5.74) is 2.94. The quantitative estimate of drug-likeness (QED) is 0.902. The van der Waals surface area contributed by atoms with Crippen LogP contribution in [0.1, 0.15) is 50.9 Å². The normalized spacial score (nSPS) is 22.2. The molecular formula is C16H27BrN4. The third-order valence-electron chi connectivity index (χ3n) is 5.08. The highest BCUT2D eigenvalue weighted by atomic mass is 79.9. The van der Waals surface area contributed by atoms with Gasteiger partial charge >= 0.3 is 0 Å². The van der Waals surface area contributed by atoms with Crippen LogP contribution in [0.4, 0.5) is 0 Å². The third kappa shape index (κ3) is 3.06. The van der Waals surface area contributed by atoms with E-state index in [-0.39, 0.29) is 0 Å². The molecule has 0 radical (unpaired) electrons.